The van der Waals surface area contributed by atoms with Gasteiger partial charge in [0.05, 0.1) is 7.11 Å². The average molecular weight is 194 g/mol. The van der Waals surface area contributed by atoms with Gasteiger partial charge in [0.25, 0.3) is 0 Å². The van der Waals surface area contributed by atoms with Gasteiger partial charge in [0, 0.05) is 6.42 Å². The van der Waals surface area contributed by atoms with Gasteiger partial charge >= 0.3 is 5.97 Å². The number of hydrogen-bond donors (Lipinski definition) is 0. The lowest BCUT2D eigenvalue weighted by Crippen LogP contribution is -2.23. The van der Waals surface area contributed by atoms with Gasteiger partial charge < -0.3 is 4.74 Å². The maximum Gasteiger partial charge on any atom is 0.341 e. The lowest BCUT2D eigenvalue weighted by atomic mass is 9.84. The number of methoxy groups -OCH3 is 1. The highest BCUT2D eigenvalue weighted by Gasteiger charge is 2.35. The zero-order chi connectivity index (χ0) is 10.1. The molecule has 0 amide bonds. The number of carbonyl (C=O) groups excluding carboxylic acids is 2. The van der Waals surface area contributed by atoms with Crippen LogP contribution in [0.2, 0.25) is 0 Å². The fourth-order valence-corrected chi connectivity index (χ4v) is 2.52. The third kappa shape index (κ3) is 1.37. The SMILES string of the molecule is COC(=O)C1=C2CCCC2CCC1=O. The number of hydrogen-bond acceptors (Lipinski definition) is 3. The summed E-state index contributed by atoms with van der Waals surface area (Å²) in [6.07, 6.45) is 4.57. The molecular formula is C11H14O3. The standard InChI is InChI=1S/C11H14O3/c1-14-11(13)10-8-4-2-3-7(8)5-6-9(10)12/h7H,2-6H2,1H3. The minimum absolute atomic E-state index is 0.0231. The van der Waals surface area contributed by atoms with Gasteiger partial charge in [-0.3, -0.25) is 4.79 Å². The summed E-state index contributed by atoms with van der Waals surface area (Å²) in [5, 5.41) is 0. The largest absolute Gasteiger partial charge is 0.465 e. The number of Topliss-reactive ketones (excluding diaryl/α,β-unsaturated/α-hetero) is 1. The Morgan fingerprint density at radius 1 is 1.36 bits per heavy atom. The number of esters is 1. The van der Waals surface area contributed by atoms with Crippen LogP contribution in [0.15, 0.2) is 11.1 Å². The second-order valence-corrected chi connectivity index (χ2v) is 3.94. The van der Waals surface area contributed by atoms with E-state index >= 15 is 0 Å². The van der Waals surface area contributed by atoms with Crippen molar-refractivity contribution in [3.05, 3.63) is 11.1 Å². The zero-order valence-electron chi connectivity index (χ0n) is 8.34. The van der Waals surface area contributed by atoms with Crippen molar-refractivity contribution >= 4 is 11.8 Å². The minimum Gasteiger partial charge on any atom is -0.465 e. The molecule has 0 aromatic rings. The van der Waals surface area contributed by atoms with Crippen molar-refractivity contribution in [1.82, 2.24) is 0 Å². The maximum atomic E-state index is 11.6. The van der Waals surface area contributed by atoms with Crippen molar-refractivity contribution in [2.45, 2.75) is 32.1 Å². The fraction of sp³-hybridized carbons (Fsp3) is 0.636. The molecule has 2 rings (SSSR count). The van der Waals surface area contributed by atoms with Crippen LogP contribution in [0, 0.1) is 5.92 Å². The lowest BCUT2D eigenvalue weighted by molar-refractivity contribution is -0.138. The second-order valence-electron chi connectivity index (χ2n) is 3.94. The van der Waals surface area contributed by atoms with Crippen LogP contribution in [0.25, 0.3) is 0 Å². The maximum absolute atomic E-state index is 11.6. The van der Waals surface area contributed by atoms with Crippen LogP contribution in [-0.2, 0) is 14.3 Å². The molecule has 0 saturated heterocycles. The molecule has 76 valence electrons. The molecule has 1 unspecified atom stereocenters. The predicted molar refractivity (Wildman–Crippen MR) is 50.6 cm³/mol. The Labute approximate surface area is 83.1 Å². The number of ketones is 1. The number of allylic oxidation sites excluding steroid dienone is 1. The van der Waals surface area contributed by atoms with Crippen LogP contribution in [0.5, 0.6) is 0 Å². The highest BCUT2D eigenvalue weighted by molar-refractivity contribution is 6.18. The van der Waals surface area contributed by atoms with Gasteiger partial charge in [-0.2, -0.15) is 0 Å². The van der Waals surface area contributed by atoms with E-state index in [0.29, 0.717) is 17.9 Å². The normalized spacial score (nSPS) is 26.4. The monoisotopic (exact) mass is 194 g/mol. The van der Waals surface area contributed by atoms with Crippen LogP contribution < -0.4 is 0 Å². The first-order valence-corrected chi connectivity index (χ1v) is 5.08. The summed E-state index contributed by atoms with van der Waals surface area (Å²) < 4.78 is 4.65. The molecular weight excluding hydrogens is 180 g/mol. The summed E-state index contributed by atoms with van der Waals surface area (Å²) in [5.74, 6) is 0.0170. The quantitative estimate of drug-likeness (QED) is 0.470. The van der Waals surface area contributed by atoms with Gasteiger partial charge in [0.1, 0.15) is 5.57 Å². The first-order valence-electron chi connectivity index (χ1n) is 5.08. The van der Waals surface area contributed by atoms with E-state index < -0.39 is 5.97 Å². The van der Waals surface area contributed by atoms with Crippen molar-refractivity contribution in [3.8, 4) is 0 Å². The van der Waals surface area contributed by atoms with Crippen LogP contribution in [0.4, 0.5) is 0 Å². The smallest absolute Gasteiger partial charge is 0.341 e. The Balaban J connectivity index is 2.39. The Morgan fingerprint density at radius 3 is 2.86 bits per heavy atom. The van der Waals surface area contributed by atoms with E-state index in [4.69, 9.17) is 0 Å². The summed E-state index contributed by atoms with van der Waals surface area (Å²) in [6, 6.07) is 0. The first-order chi connectivity index (χ1) is 6.74. The molecule has 1 saturated carbocycles. The topological polar surface area (TPSA) is 43.4 Å². The van der Waals surface area contributed by atoms with E-state index in [1.165, 1.54) is 7.11 Å². The summed E-state index contributed by atoms with van der Waals surface area (Å²) >= 11 is 0. The van der Waals surface area contributed by atoms with Crippen LogP contribution >= 0.6 is 0 Å². The number of rotatable bonds is 1. The van der Waals surface area contributed by atoms with Gasteiger partial charge in [0.15, 0.2) is 5.78 Å². The molecule has 0 heterocycles. The van der Waals surface area contributed by atoms with E-state index in [2.05, 4.69) is 4.74 Å². The minimum atomic E-state index is -0.434. The van der Waals surface area contributed by atoms with Crippen molar-refractivity contribution in [2.24, 2.45) is 5.92 Å². The van der Waals surface area contributed by atoms with Crippen LogP contribution in [0.3, 0.4) is 0 Å². The van der Waals surface area contributed by atoms with Gasteiger partial charge in [-0.25, -0.2) is 4.79 Å². The van der Waals surface area contributed by atoms with Gasteiger partial charge in [0.2, 0.25) is 0 Å². The predicted octanol–water partition coefficient (Wildman–Crippen LogP) is 1.62. The van der Waals surface area contributed by atoms with E-state index in [-0.39, 0.29) is 5.78 Å². The molecule has 2 aliphatic rings. The van der Waals surface area contributed by atoms with E-state index in [9.17, 15) is 9.59 Å². The second kappa shape index (κ2) is 3.56. The average Bonchev–Trinajstić information content (AvgIpc) is 2.64. The van der Waals surface area contributed by atoms with Crippen molar-refractivity contribution < 1.29 is 14.3 Å². The molecule has 0 N–H and O–H groups in total. The molecule has 0 aromatic heterocycles. The van der Waals surface area contributed by atoms with E-state index in [1.54, 1.807) is 0 Å². The van der Waals surface area contributed by atoms with E-state index in [0.717, 1.165) is 31.3 Å². The highest BCUT2D eigenvalue weighted by Crippen LogP contribution is 2.40. The molecule has 0 spiro atoms. The van der Waals surface area contributed by atoms with Crippen LogP contribution in [-0.4, -0.2) is 18.9 Å². The Bertz CT molecular complexity index is 314. The van der Waals surface area contributed by atoms with Gasteiger partial charge in [-0.15, -0.1) is 0 Å². The molecule has 1 atom stereocenters. The molecule has 0 aromatic carbocycles. The molecule has 0 bridgehead atoms. The van der Waals surface area contributed by atoms with Gasteiger partial charge in [-0.1, -0.05) is 0 Å². The lowest BCUT2D eigenvalue weighted by Gasteiger charge is -2.20. The van der Waals surface area contributed by atoms with Crippen molar-refractivity contribution in [2.75, 3.05) is 7.11 Å². The first kappa shape index (κ1) is 9.44. The van der Waals surface area contributed by atoms with Crippen molar-refractivity contribution in [1.29, 1.82) is 0 Å². The number of fused-ring (bicyclic) bond motifs is 1. The Morgan fingerprint density at radius 2 is 2.14 bits per heavy atom. The molecule has 3 nitrogen and oxygen atoms in total. The Hall–Kier alpha value is -1.12. The van der Waals surface area contributed by atoms with Crippen LogP contribution in [0.1, 0.15) is 32.1 Å². The third-order valence-electron chi connectivity index (χ3n) is 3.20. The zero-order valence-corrected chi connectivity index (χ0v) is 8.34. The molecule has 2 aliphatic carbocycles. The fourth-order valence-electron chi connectivity index (χ4n) is 2.52. The molecule has 3 heteroatoms. The molecule has 1 fully saturated rings. The molecule has 0 radical (unpaired) electrons. The molecule has 0 aliphatic heterocycles. The Kier molecular flexibility index (Phi) is 2.40. The highest BCUT2D eigenvalue weighted by atomic mass is 16.5. The van der Waals surface area contributed by atoms with Gasteiger partial charge in [-0.05, 0) is 37.2 Å². The summed E-state index contributed by atoms with van der Waals surface area (Å²) in [5.41, 5.74) is 1.43. The third-order valence-corrected chi connectivity index (χ3v) is 3.20. The van der Waals surface area contributed by atoms with Crippen molar-refractivity contribution in [3.63, 3.8) is 0 Å². The summed E-state index contributed by atoms with van der Waals surface area (Å²) in [6.45, 7) is 0. The molecule has 14 heavy (non-hydrogen) atoms. The van der Waals surface area contributed by atoms with E-state index in [1.807, 2.05) is 0 Å². The summed E-state index contributed by atoms with van der Waals surface area (Å²) in [7, 11) is 1.34. The summed E-state index contributed by atoms with van der Waals surface area (Å²) in [4.78, 5) is 23.0. The number of carbonyl (C=O) groups is 2. The number of ether oxygens (including phenoxy) is 1.